The summed E-state index contributed by atoms with van der Waals surface area (Å²) in [6, 6.07) is 0. The Morgan fingerprint density at radius 3 is 2.56 bits per heavy atom. The van der Waals surface area contributed by atoms with Gasteiger partial charge in [-0.05, 0) is 38.1 Å². The van der Waals surface area contributed by atoms with E-state index in [0.717, 1.165) is 19.3 Å². The van der Waals surface area contributed by atoms with Gasteiger partial charge in [-0.2, -0.15) is 0 Å². The fraction of sp³-hybridized carbons (Fsp3) is 0.917. The summed E-state index contributed by atoms with van der Waals surface area (Å²) in [4.78, 5) is 11.5. The molecule has 3 N–H and O–H groups in total. The summed E-state index contributed by atoms with van der Waals surface area (Å²) in [6.45, 7) is 5.41. The molecule has 0 bridgehead atoms. The van der Waals surface area contributed by atoms with Crippen LogP contribution in [0.15, 0.2) is 0 Å². The number of nitrogens with two attached hydrogens (primary N) is 1. The van der Waals surface area contributed by atoms with Gasteiger partial charge in [0.2, 0.25) is 5.91 Å². The van der Waals surface area contributed by atoms with Gasteiger partial charge in [-0.3, -0.25) is 4.79 Å². The van der Waals surface area contributed by atoms with E-state index in [1.54, 1.807) is 7.05 Å². The van der Waals surface area contributed by atoms with Gasteiger partial charge in [0, 0.05) is 6.61 Å². The van der Waals surface area contributed by atoms with E-state index in [1.807, 2.05) is 0 Å². The zero-order chi connectivity index (χ0) is 12.2. The van der Waals surface area contributed by atoms with Gasteiger partial charge in [0.15, 0.2) is 0 Å². The van der Waals surface area contributed by atoms with Gasteiger partial charge in [-0.1, -0.05) is 13.8 Å². The van der Waals surface area contributed by atoms with Crippen LogP contribution in [0.25, 0.3) is 0 Å². The Labute approximate surface area is 97.9 Å². The van der Waals surface area contributed by atoms with Crippen molar-refractivity contribution in [1.82, 2.24) is 5.32 Å². The number of carbonyl (C=O) groups excluding carboxylic acids is 1. The van der Waals surface area contributed by atoms with Crippen LogP contribution in [-0.4, -0.2) is 31.7 Å². The van der Waals surface area contributed by atoms with Crippen molar-refractivity contribution in [3.05, 3.63) is 0 Å². The van der Waals surface area contributed by atoms with Crippen LogP contribution in [0, 0.1) is 11.8 Å². The lowest BCUT2D eigenvalue weighted by Gasteiger charge is -2.30. The number of hydrogen-bond acceptors (Lipinski definition) is 3. The molecule has 1 fully saturated rings. The first-order chi connectivity index (χ1) is 7.53. The maximum atomic E-state index is 11.5. The molecule has 16 heavy (non-hydrogen) atoms. The molecule has 0 heterocycles. The van der Waals surface area contributed by atoms with Crippen LogP contribution in [0.1, 0.15) is 33.1 Å². The van der Waals surface area contributed by atoms with Crippen molar-refractivity contribution < 1.29 is 9.53 Å². The quantitative estimate of drug-likeness (QED) is 0.607. The molecule has 1 aliphatic carbocycles. The summed E-state index contributed by atoms with van der Waals surface area (Å²) < 4.78 is 5.60. The Hall–Kier alpha value is -0.610. The predicted octanol–water partition coefficient (Wildman–Crippen LogP) is 0.903. The topological polar surface area (TPSA) is 64.3 Å². The molecule has 4 heteroatoms. The molecular formula is C12H24N2O2. The number of hydrogen-bond donors (Lipinski definition) is 2. The lowest BCUT2D eigenvalue weighted by molar-refractivity contribution is -0.128. The summed E-state index contributed by atoms with van der Waals surface area (Å²) in [5.41, 5.74) is 4.84. The fourth-order valence-electron chi connectivity index (χ4n) is 1.92. The Morgan fingerprint density at radius 2 is 2.19 bits per heavy atom. The van der Waals surface area contributed by atoms with Crippen molar-refractivity contribution in [1.29, 1.82) is 0 Å². The van der Waals surface area contributed by atoms with Crippen LogP contribution in [0.5, 0.6) is 0 Å². The van der Waals surface area contributed by atoms with E-state index in [-0.39, 0.29) is 5.91 Å². The molecule has 94 valence electrons. The van der Waals surface area contributed by atoms with Crippen LogP contribution >= 0.6 is 0 Å². The van der Waals surface area contributed by atoms with Gasteiger partial charge < -0.3 is 15.8 Å². The highest BCUT2D eigenvalue weighted by molar-refractivity contribution is 5.85. The molecule has 4 nitrogen and oxygen atoms in total. The van der Waals surface area contributed by atoms with E-state index in [1.165, 1.54) is 0 Å². The van der Waals surface area contributed by atoms with Crippen LogP contribution in [0.4, 0.5) is 0 Å². The molecule has 0 spiro atoms. The molecule has 1 amide bonds. The molecule has 0 aromatic heterocycles. The molecule has 0 aliphatic heterocycles. The highest BCUT2D eigenvalue weighted by Crippen LogP contribution is 2.39. The van der Waals surface area contributed by atoms with Gasteiger partial charge in [-0.15, -0.1) is 0 Å². The van der Waals surface area contributed by atoms with Gasteiger partial charge in [0.1, 0.15) is 5.54 Å². The molecule has 0 radical (unpaired) electrons. The largest absolute Gasteiger partial charge is 0.379 e. The number of likely N-dealkylation sites (N-methyl/N-ethyl adjacent to an activating group) is 1. The summed E-state index contributed by atoms with van der Waals surface area (Å²) in [7, 11) is 1.79. The molecule has 0 aromatic carbocycles. The average Bonchev–Trinajstić information content (AvgIpc) is 3.01. The minimum atomic E-state index is -0.642. The standard InChI is InChI=1S/C12H24N2O2/c1-9(2)6-7-16-8-12(14-3,11(13)15)10-4-5-10/h9-10,14H,4-8H2,1-3H3,(H2,13,15). The third kappa shape index (κ3) is 3.19. The summed E-state index contributed by atoms with van der Waals surface area (Å²) in [6.07, 6.45) is 3.15. The number of amides is 1. The Bertz CT molecular complexity index is 239. The van der Waals surface area contributed by atoms with Crippen molar-refractivity contribution in [3.63, 3.8) is 0 Å². The highest BCUT2D eigenvalue weighted by atomic mass is 16.5. The third-order valence-corrected chi connectivity index (χ3v) is 3.33. The van der Waals surface area contributed by atoms with Crippen LogP contribution < -0.4 is 11.1 Å². The van der Waals surface area contributed by atoms with Crippen LogP contribution in [-0.2, 0) is 9.53 Å². The summed E-state index contributed by atoms with van der Waals surface area (Å²) in [5.74, 6) is 0.689. The molecule has 1 atom stereocenters. The Kier molecular flexibility index (Phi) is 4.74. The van der Waals surface area contributed by atoms with E-state index in [2.05, 4.69) is 19.2 Å². The van der Waals surface area contributed by atoms with E-state index >= 15 is 0 Å². The SMILES string of the molecule is CNC(COCCC(C)C)(C(N)=O)C1CC1. The molecule has 1 rings (SSSR count). The summed E-state index contributed by atoms with van der Waals surface area (Å²) in [5, 5.41) is 3.07. The van der Waals surface area contributed by atoms with Crippen molar-refractivity contribution >= 4 is 5.91 Å². The maximum absolute atomic E-state index is 11.5. The molecule has 1 saturated carbocycles. The van der Waals surface area contributed by atoms with Crippen molar-refractivity contribution in [2.45, 2.75) is 38.6 Å². The zero-order valence-corrected chi connectivity index (χ0v) is 10.6. The first-order valence-corrected chi connectivity index (χ1v) is 6.09. The van der Waals surface area contributed by atoms with Crippen LogP contribution in [0.3, 0.4) is 0 Å². The first kappa shape index (κ1) is 13.5. The van der Waals surface area contributed by atoms with Gasteiger partial charge in [-0.25, -0.2) is 0 Å². The minimum absolute atomic E-state index is 0.290. The van der Waals surface area contributed by atoms with Gasteiger partial charge in [0.05, 0.1) is 6.61 Å². The second-order valence-corrected chi connectivity index (χ2v) is 5.09. The van der Waals surface area contributed by atoms with Gasteiger partial charge in [0.25, 0.3) is 0 Å². The monoisotopic (exact) mass is 228 g/mol. The Morgan fingerprint density at radius 1 is 1.56 bits per heavy atom. The Balaban J connectivity index is 2.41. The van der Waals surface area contributed by atoms with E-state index in [0.29, 0.717) is 25.0 Å². The smallest absolute Gasteiger partial charge is 0.240 e. The van der Waals surface area contributed by atoms with E-state index in [4.69, 9.17) is 10.5 Å². The van der Waals surface area contributed by atoms with E-state index in [9.17, 15) is 4.79 Å². The van der Waals surface area contributed by atoms with Crippen molar-refractivity contribution in [2.24, 2.45) is 17.6 Å². The zero-order valence-electron chi connectivity index (χ0n) is 10.6. The second kappa shape index (κ2) is 5.64. The number of ether oxygens (including phenoxy) is 1. The molecule has 0 saturated heterocycles. The normalized spacial score (nSPS) is 19.8. The number of rotatable bonds is 8. The second-order valence-electron chi connectivity index (χ2n) is 5.09. The van der Waals surface area contributed by atoms with Crippen LogP contribution in [0.2, 0.25) is 0 Å². The summed E-state index contributed by atoms with van der Waals surface area (Å²) >= 11 is 0. The average molecular weight is 228 g/mol. The first-order valence-electron chi connectivity index (χ1n) is 6.09. The van der Waals surface area contributed by atoms with Gasteiger partial charge >= 0.3 is 0 Å². The van der Waals surface area contributed by atoms with E-state index < -0.39 is 5.54 Å². The highest BCUT2D eigenvalue weighted by Gasteiger charge is 2.49. The third-order valence-electron chi connectivity index (χ3n) is 3.33. The molecule has 1 unspecified atom stereocenters. The van der Waals surface area contributed by atoms with Crippen molar-refractivity contribution in [2.75, 3.05) is 20.3 Å². The fourth-order valence-corrected chi connectivity index (χ4v) is 1.92. The lowest BCUT2D eigenvalue weighted by Crippen LogP contribution is -2.59. The number of nitrogens with one attached hydrogen (secondary N) is 1. The predicted molar refractivity (Wildman–Crippen MR) is 64.0 cm³/mol. The maximum Gasteiger partial charge on any atom is 0.240 e. The number of primary amides is 1. The lowest BCUT2D eigenvalue weighted by atomic mass is 9.93. The molecular weight excluding hydrogens is 204 g/mol. The molecule has 0 aromatic rings. The number of carbonyl (C=O) groups is 1. The minimum Gasteiger partial charge on any atom is -0.379 e. The van der Waals surface area contributed by atoms with Crippen molar-refractivity contribution in [3.8, 4) is 0 Å². The molecule has 1 aliphatic rings.